The third-order valence-electron chi connectivity index (χ3n) is 5.05. The number of rotatable bonds is 3. The second-order valence-electron chi connectivity index (χ2n) is 6.88. The highest BCUT2D eigenvalue weighted by molar-refractivity contribution is 5.97. The molecule has 0 aliphatic carbocycles. The van der Waals surface area contributed by atoms with E-state index in [2.05, 4.69) is 5.10 Å². The molecule has 0 saturated heterocycles. The van der Waals surface area contributed by atoms with Crippen molar-refractivity contribution in [3.05, 3.63) is 65.0 Å². The largest absolute Gasteiger partial charge is 0.493 e. The van der Waals surface area contributed by atoms with Gasteiger partial charge in [-0.25, -0.2) is 13.2 Å². The van der Waals surface area contributed by atoms with Gasteiger partial charge in [-0.2, -0.15) is 5.01 Å². The van der Waals surface area contributed by atoms with Gasteiger partial charge in [-0.3, -0.25) is 4.79 Å². The molecule has 9 heteroatoms. The number of ether oxygens (including phenoxy) is 2. The maximum Gasteiger partial charge on any atom is 0.244 e. The lowest BCUT2D eigenvalue weighted by Gasteiger charge is -2.44. The molecule has 2 unspecified atom stereocenters. The predicted octanol–water partition coefficient (Wildman–Crippen LogP) is 2.85. The number of halogens is 3. The van der Waals surface area contributed by atoms with Crippen LogP contribution in [-0.4, -0.2) is 30.0 Å². The first-order valence-electron chi connectivity index (χ1n) is 9.03. The Morgan fingerprint density at radius 3 is 2.69 bits per heavy atom. The lowest BCUT2D eigenvalue weighted by atomic mass is 9.83. The summed E-state index contributed by atoms with van der Waals surface area (Å²) in [5, 5.41) is 5.19. The van der Waals surface area contributed by atoms with Crippen LogP contribution in [0.3, 0.4) is 0 Å². The fourth-order valence-electron chi connectivity index (χ4n) is 3.79. The highest BCUT2D eigenvalue weighted by atomic mass is 19.1. The molecule has 0 saturated carbocycles. The molecule has 2 aromatic rings. The van der Waals surface area contributed by atoms with Crippen LogP contribution in [0, 0.1) is 23.4 Å². The summed E-state index contributed by atoms with van der Waals surface area (Å²) in [6.07, 6.45) is 0.355. The van der Waals surface area contributed by atoms with Crippen LogP contribution in [0.1, 0.15) is 24.5 Å². The normalized spacial score (nSPS) is 22.7. The van der Waals surface area contributed by atoms with E-state index in [9.17, 15) is 18.0 Å². The van der Waals surface area contributed by atoms with E-state index in [0.717, 1.165) is 23.2 Å². The lowest BCUT2D eigenvalue weighted by molar-refractivity contribution is -0.168. The number of nitrogens with zero attached hydrogens (tertiary/aromatic N) is 2. The minimum atomic E-state index is -1.59. The number of amides is 1. The van der Waals surface area contributed by atoms with E-state index >= 15 is 0 Å². The van der Waals surface area contributed by atoms with Gasteiger partial charge in [0.2, 0.25) is 17.5 Å². The van der Waals surface area contributed by atoms with Crippen LogP contribution in [-0.2, 0) is 15.3 Å². The van der Waals surface area contributed by atoms with Crippen LogP contribution < -0.4 is 10.5 Å². The Kier molecular flexibility index (Phi) is 4.70. The van der Waals surface area contributed by atoms with Gasteiger partial charge in [0.05, 0.1) is 23.7 Å². The maximum atomic E-state index is 14.4. The average molecular weight is 405 g/mol. The fourth-order valence-corrected chi connectivity index (χ4v) is 3.79. The van der Waals surface area contributed by atoms with Gasteiger partial charge in [0, 0.05) is 6.92 Å². The number of carbonyl (C=O) groups excluding carboxylic acids is 1. The summed E-state index contributed by atoms with van der Waals surface area (Å²) in [7, 11) is 0. The standard InChI is InChI=1S/C20H18F3N3O3/c1-11(27)26-20(29-19(25-26)15-8-13(21)2-4-17(15)23)12(6-7-24)10-28-18-5-3-14(22)9-16(18)20/h2-5,8-9,12H,6-7,10,24H2,1H3. The Morgan fingerprint density at radius 2 is 1.97 bits per heavy atom. The van der Waals surface area contributed by atoms with E-state index in [1.54, 1.807) is 0 Å². The van der Waals surface area contributed by atoms with Gasteiger partial charge < -0.3 is 15.2 Å². The zero-order chi connectivity index (χ0) is 20.8. The highest BCUT2D eigenvalue weighted by Crippen LogP contribution is 2.50. The van der Waals surface area contributed by atoms with Crippen molar-refractivity contribution in [3.63, 3.8) is 0 Å². The van der Waals surface area contributed by atoms with E-state index < -0.39 is 35.0 Å². The van der Waals surface area contributed by atoms with Crippen molar-refractivity contribution < 1.29 is 27.4 Å². The summed E-state index contributed by atoms with van der Waals surface area (Å²) in [4.78, 5) is 12.5. The van der Waals surface area contributed by atoms with Gasteiger partial charge in [-0.1, -0.05) is 0 Å². The molecular weight excluding hydrogens is 387 g/mol. The second-order valence-corrected chi connectivity index (χ2v) is 6.88. The van der Waals surface area contributed by atoms with E-state index in [1.807, 2.05) is 0 Å². The van der Waals surface area contributed by atoms with E-state index in [0.29, 0.717) is 12.2 Å². The van der Waals surface area contributed by atoms with Crippen LogP contribution in [0.25, 0.3) is 0 Å². The minimum absolute atomic E-state index is 0.119. The first-order valence-corrected chi connectivity index (χ1v) is 9.03. The topological polar surface area (TPSA) is 77.2 Å². The van der Waals surface area contributed by atoms with Crippen LogP contribution in [0.4, 0.5) is 13.2 Å². The lowest BCUT2D eigenvalue weighted by Crippen LogP contribution is -2.54. The smallest absolute Gasteiger partial charge is 0.244 e. The number of hydrogen-bond donors (Lipinski definition) is 1. The van der Waals surface area contributed by atoms with Crippen LogP contribution in [0.5, 0.6) is 5.75 Å². The molecule has 4 rings (SSSR count). The van der Waals surface area contributed by atoms with E-state index in [-0.39, 0.29) is 30.2 Å². The van der Waals surface area contributed by atoms with Gasteiger partial charge in [0.25, 0.3) is 0 Å². The first kappa shape index (κ1) is 19.3. The number of benzene rings is 2. The highest BCUT2D eigenvalue weighted by Gasteiger charge is 2.58. The van der Waals surface area contributed by atoms with Crippen LogP contribution >= 0.6 is 0 Å². The number of carbonyl (C=O) groups is 1. The number of nitrogens with two attached hydrogens (primary N) is 1. The quantitative estimate of drug-likeness (QED) is 0.852. The van der Waals surface area contributed by atoms with Gasteiger partial charge in [-0.05, 0) is 49.4 Å². The van der Waals surface area contributed by atoms with Crippen molar-refractivity contribution in [1.29, 1.82) is 0 Å². The summed E-state index contributed by atoms with van der Waals surface area (Å²) in [6, 6.07) is 6.66. The minimum Gasteiger partial charge on any atom is -0.493 e. The van der Waals surface area contributed by atoms with Gasteiger partial charge in [0.1, 0.15) is 23.2 Å². The average Bonchev–Trinajstić information content (AvgIpc) is 3.08. The molecule has 0 aromatic heterocycles. The molecule has 0 bridgehead atoms. The Morgan fingerprint density at radius 1 is 1.24 bits per heavy atom. The fraction of sp³-hybridized carbons (Fsp3) is 0.300. The molecule has 0 fully saturated rings. The molecule has 0 radical (unpaired) electrons. The van der Waals surface area contributed by atoms with Crippen molar-refractivity contribution in [1.82, 2.24) is 5.01 Å². The van der Waals surface area contributed by atoms with Crippen molar-refractivity contribution >= 4 is 11.8 Å². The van der Waals surface area contributed by atoms with E-state index in [1.165, 1.54) is 25.1 Å². The molecule has 2 aromatic carbocycles. The molecule has 29 heavy (non-hydrogen) atoms. The Hall–Kier alpha value is -3.07. The Bertz CT molecular complexity index is 1010. The summed E-state index contributed by atoms with van der Waals surface area (Å²) in [5.74, 6) is -3.05. The molecule has 152 valence electrons. The van der Waals surface area contributed by atoms with Crippen LogP contribution in [0.15, 0.2) is 41.5 Å². The number of fused-ring (bicyclic) bond motifs is 2. The summed E-state index contributed by atoms with van der Waals surface area (Å²) >= 11 is 0. The Balaban J connectivity index is 1.91. The molecule has 2 N–H and O–H groups in total. The molecule has 2 heterocycles. The summed E-state index contributed by atoms with van der Waals surface area (Å²) in [5.41, 5.74) is 4.13. The predicted molar refractivity (Wildman–Crippen MR) is 97.2 cm³/mol. The summed E-state index contributed by atoms with van der Waals surface area (Å²) in [6.45, 7) is 1.61. The summed E-state index contributed by atoms with van der Waals surface area (Å²) < 4.78 is 54.0. The van der Waals surface area contributed by atoms with Crippen LogP contribution in [0.2, 0.25) is 0 Å². The molecule has 2 aliphatic rings. The first-order chi connectivity index (χ1) is 13.9. The van der Waals surface area contributed by atoms with Crippen molar-refractivity contribution in [2.24, 2.45) is 16.8 Å². The molecule has 2 aliphatic heterocycles. The van der Waals surface area contributed by atoms with Crippen molar-refractivity contribution in [2.75, 3.05) is 13.2 Å². The van der Waals surface area contributed by atoms with Crippen molar-refractivity contribution in [3.8, 4) is 5.75 Å². The zero-order valence-electron chi connectivity index (χ0n) is 15.5. The molecule has 2 atom stereocenters. The van der Waals surface area contributed by atoms with Crippen molar-refractivity contribution in [2.45, 2.75) is 19.1 Å². The third kappa shape index (κ3) is 3.02. The molecule has 6 nitrogen and oxygen atoms in total. The van der Waals surface area contributed by atoms with Gasteiger partial charge >= 0.3 is 0 Å². The third-order valence-corrected chi connectivity index (χ3v) is 5.05. The van der Waals surface area contributed by atoms with Gasteiger partial charge in [-0.15, -0.1) is 5.10 Å². The van der Waals surface area contributed by atoms with Gasteiger partial charge in [0.15, 0.2) is 0 Å². The monoisotopic (exact) mass is 405 g/mol. The maximum absolute atomic E-state index is 14.4. The molecule has 1 spiro atoms. The molecule has 1 amide bonds. The zero-order valence-corrected chi connectivity index (χ0v) is 15.5. The SMILES string of the molecule is CC(=O)N1N=C(c2cc(F)ccc2F)OC12c1cc(F)ccc1OCC2CCN. The van der Waals surface area contributed by atoms with E-state index in [4.69, 9.17) is 15.2 Å². The second kappa shape index (κ2) is 7.07. The number of hydrazone groups is 1. The number of hydrogen-bond acceptors (Lipinski definition) is 5. The Labute approximate surface area is 164 Å². The molecular formula is C20H18F3N3O3.